The summed E-state index contributed by atoms with van der Waals surface area (Å²) in [5, 5.41) is 5.63. The molecule has 0 radical (unpaired) electrons. The highest BCUT2D eigenvalue weighted by Crippen LogP contribution is 2.42. The van der Waals surface area contributed by atoms with Crippen LogP contribution in [0, 0.1) is 17.3 Å². The second-order valence-corrected chi connectivity index (χ2v) is 19.0. The minimum Gasteiger partial charge on any atom is -0.464 e. The molecule has 1 aromatic carbocycles. The van der Waals surface area contributed by atoms with Crippen LogP contribution >= 0.6 is 0 Å². The summed E-state index contributed by atoms with van der Waals surface area (Å²) in [4.78, 5) is 79.1. The van der Waals surface area contributed by atoms with E-state index in [1.54, 1.807) is 25.3 Å². The molecule has 6 heterocycles. The number of fused-ring (bicyclic) bond motifs is 6. The lowest BCUT2D eigenvalue weighted by Gasteiger charge is -2.37. The van der Waals surface area contributed by atoms with Crippen LogP contribution in [0.5, 0.6) is 0 Å². The summed E-state index contributed by atoms with van der Waals surface area (Å²) in [6.07, 6.45) is 7.13. The van der Waals surface area contributed by atoms with E-state index in [-0.39, 0.29) is 49.4 Å². The second kappa shape index (κ2) is 19.4. The predicted octanol–water partition coefficient (Wildman–Crippen LogP) is 4.75. The quantitative estimate of drug-likeness (QED) is 0.215. The van der Waals surface area contributed by atoms with Gasteiger partial charge >= 0.3 is 5.97 Å². The summed E-state index contributed by atoms with van der Waals surface area (Å²) in [6, 6.07) is 8.03. The molecule has 0 spiro atoms. The van der Waals surface area contributed by atoms with Crippen molar-refractivity contribution in [1.29, 1.82) is 0 Å². The maximum atomic E-state index is 14.6. The molecule has 2 N–H and O–H groups in total. The topological polar surface area (TPSA) is 159 Å². The summed E-state index contributed by atoms with van der Waals surface area (Å²) in [5.41, 5.74) is 10.00. The van der Waals surface area contributed by atoms with E-state index >= 15 is 0 Å². The van der Waals surface area contributed by atoms with Gasteiger partial charge in [-0.05, 0) is 92.5 Å². The Kier molecular flexibility index (Phi) is 14.1. The number of ether oxygens (including phenoxy) is 2. The lowest BCUT2D eigenvalue weighted by atomic mass is 9.84. The number of carbonyl (C=O) groups excluding carboxylic acids is 5. The molecule has 7 rings (SSSR count). The molecule has 4 aliphatic rings. The first-order valence-electron chi connectivity index (χ1n) is 22.8. The van der Waals surface area contributed by atoms with E-state index in [2.05, 4.69) is 77.9 Å². The molecule has 64 heavy (non-hydrogen) atoms. The number of hydrogen-bond donors (Lipinski definition) is 2. The van der Waals surface area contributed by atoms with Crippen molar-refractivity contribution in [3.05, 3.63) is 72.1 Å². The number of methoxy groups -OCH3 is 1. The van der Waals surface area contributed by atoms with Crippen LogP contribution in [0.15, 0.2) is 55.3 Å². The van der Waals surface area contributed by atoms with E-state index in [1.165, 1.54) is 16.0 Å². The second-order valence-electron chi connectivity index (χ2n) is 19.0. The summed E-state index contributed by atoms with van der Waals surface area (Å²) in [6.45, 7) is 18.9. The molecule has 6 bridgehead atoms. The van der Waals surface area contributed by atoms with Gasteiger partial charge in [-0.2, -0.15) is 0 Å². The molecule has 2 fully saturated rings. The highest BCUT2D eigenvalue weighted by molar-refractivity contribution is 5.96. The van der Waals surface area contributed by atoms with Crippen LogP contribution in [0.4, 0.5) is 0 Å². The molecule has 15 heteroatoms. The van der Waals surface area contributed by atoms with E-state index < -0.39 is 41.3 Å². The first kappa shape index (κ1) is 46.6. The number of nitrogens with one attached hydrogen (secondary N) is 2. The third-order valence-corrected chi connectivity index (χ3v) is 13.4. The average Bonchev–Trinajstić information content (AvgIpc) is 4.05. The van der Waals surface area contributed by atoms with Gasteiger partial charge in [0.05, 0.1) is 30.0 Å². The largest absolute Gasteiger partial charge is 0.464 e. The molecule has 4 aliphatic heterocycles. The zero-order valence-electron chi connectivity index (χ0n) is 38.8. The number of cyclic esters (lactones) is 1. The molecular formula is C49H66N8O7. The van der Waals surface area contributed by atoms with E-state index in [4.69, 9.17) is 14.5 Å². The zero-order valence-corrected chi connectivity index (χ0v) is 38.8. The van der Waals surface area contributed by atoms with Crippen LogP contribution in [0.2, 0.25) is 0 Å². The van der Waals surface area contributed by atoms with Crippen molar-refractivity contribution >= 4 is 46.1 Å². The van der Waals surface area contributed by atoms with E-state index in [9.17, 15) is 24.0 Å². The first-order chi connectivity index (χ1) is 30.5. The Labute approximate surface area is 377 Å². The Hall–Kier alpha value is -5.38. The minimum atomic E-state index is -1.00. The number of likely N-dealkylation sites (N-methyl/N-ethyl adjacent to an activating group) is 1. The molecule has 2 aromatic heterocycles. The number of hydrogen-bond acceptors (Lipinski definition) is 10. The third kappa shape index (κ3) is 9.52. The molecule has 4 amide bonds. The molecule has 344 valence electrons. The maximum absolute atomic E-state index is 14.6. The van der Waals surface area contributed by atoms with E-state index in [0.29, 0.717) is 51.9 Å². The smallest absolute Gasteiger partial charge is 0.324 e. The summed E-state index contributed by atoms with van der Waals surface area (Å²) >= 11 is 0. The number of aryl methyl sites for hydroxylation is 1. The molecule has 15 nitrogen and oxygen atoms in total. The Morgan fingerprint density at radius 1 is 1.12 bits per heavy atom. The number of nitrogens with zero attached hydrogens (tertiary/aromatic N) is 6. The van der Waals surface area contributed by atoms with Gasteiger partial charge in [0, 0.05) is 88.0 Å². The predicted molar refractivity (Wildman–Crippen MR) is 245 cm³/mol. The van der Waals surface area contributed by atoms with Crippen LogP contribution in [0.25, 0.3) is 27.7 Å². The highest BCUT2D eigenvalue weighted by Gasteiger charge is 2.41. The Morgan fingerprint density at radius 2 is 1.91 bits per heavy atom. The number of aromatic nitrogens is 2. The van der Waals surface area contributed by atoms with Crippen molar-refractivity contribution in [2.75, 3.05) is 60.0 Å². The number of likely N-dealkylation sites (tertiary alicyclic amines) is 1. The number of rotatable bonds is 10. The number of hydrazine groups is 1. The van der Waals surface area contributed by atoms with Crippen molar-refractivity contribution in [3.63, 3.8) is 0 Å². The van der Waals surface area contributed by atoms with Crippen molar-refractivity contribution in [2.24, 2.45) is 17.3 Å². The number of pyridine rings is 1. The van der Waals surface area contributed by atoms with Gasteiger partial charge in [0.2, 0.25) is 17.7 Å². The van der Waals surface area contributed by atoms with Crippen molar-refractivity contribution in [3.8, 4) is 11.3 Å². The van der Waals surface area contributed by atoms with Crippen LogP contribution < -0.4 is 10.7 Å². The van der Waals surface area contributed by atoms with Gasteiger partial charge in [-0.15, -0.1) is 0 Å². The van der Waals surface area contributed by atoms with Crippen LogP contribution in [0.3, 0.4) is 0 Å². The van der Waals surface area contributed by atoms with E-state index in [1.807, 2.05) is 26.8 Å². The number of esters is 1. The average molecular weight is 879 g/mol. The molecule has 6 atom stereocenters. The highest BCUT2D eigenvalue weighted by atomic mass is 16.5. The van der Waals surface area contributed by atoms with Gasteiger partial charge in [-0.1, -0.05) is 46.4 Å². The Morgan fingerprint density at radius 3 is 2.62 bits per heavy atom. The van der Waals surface area contributed by atoms with Gasteiger partial charge in [-0.3, -0.25) is 38.9 Å². The fraction of sp³-hybridized carbons (Fsp3) is 0.551. The zero-order chi connectivity index (χ0) is 46.0. The lowest BCUT2D eigenvalue weighted by molar-refractivity contribution is -0.155. The van der Waals surface area contributed by atoms with Crippen LogP contribution in [-0.4, -0.2) is 137 Å². The standard InChI is InChI=1S/C49H66N8O7/c1-10-41(58)55-23-19-34(27-55)46(60)53(8)43(30(3)4)45(59)51-39-28-54-22-18-33(26-54)32-16-17-40-36(24-32)37(44(56(40)11-2)35-14-12-20-50-42(35)31(5)63-9)25-49(6,7)29-64-48(62)38-15-13-21-57(52-38)47(39)61/h10,12,14,16-18,20,24,30-31,34,38-39,43,52H,1,11,13,15,19,21-23,25-29H2,2-9H3,(H,51,59)/t31-,34-,38-,39-,43?/m0/s1. The molecule has 0 aliphatic carbocycles. The molecule has 0 saturated carbocycles. The third-order valence-electron chi connectivity index (χ3n) is 13.4. The van der Waals surface area contributed by atoms with E-state index in [0.717, 1.165) is 51.1 Å². The van der Waals surface area contributed by atoms with Gasteiger partial charge in [0.25, 0.3) is 5.91 Å². The van der Waals surface area contributed by atoms with Crippen LogP contribution in [-0.2, 0) is 46.4 Å². The van der Waals surface area contributed by atoms with Crippen molar-refractivity contribution in [2.45, 2.75) is 98.0 Å². The van der Waals surface area contributed by atoms with Gasteiger partial charge in [0.1, 0.15) is 18.1 Å². The number of benzene rings is 1. The first-order valence-corrected chi connectivity index (χ1v) is 22.8. The van der Waals surface area contributed by atoms with Crippen molar-refractivity contribution < 1.29 is 33.4 Å². The van der Waals surface area contributed by atoms with Gasteiger partial charge in [0.15, 0.2) is 0 Å². The minimum absolute atomic E-state index is 0.148. The fourth-order valence-electron chi connectivity index (χ4n) is 9.99. The number of carbonyl (C=O) groups is 5. The summed E-state index contributed by atoms with van der Waals surface area (Å²) in [5.74, 6) is -2.46. The van der Waals surface area contributed by atoms with Crippen molar-refractivity contribution in [1.82, 2.24) is 40.0 Å². The SMILES string of the molecule is C=CC(=O)N1CC[C@H](C(=O)N(C)C(C(=O)N[C@H]2CN3CC=C(C3)c3ccc4c(c3)c(c(-c3cccnc3[C@H](C)OC)n4CC)CC(C)(C)COC(=O)[C@@H]3CCCN(N3)C2=O)C(C)C)C1. The molecule has 2 unspecified atom stereocenters. The Bertz CT molecular complexity index is 2320. The molecule has 3 aromatic rings. The normalized spacial score (nSPS) is 23.6. The molecule has 2 saturated heterocycles. The monoisotopic (exact) mass is 879 g/mol. The van der Waals surface area contributed by atoms with Gasteiger partial charge in [-0.25, -0.2) is 5.43 Å². The molecular weight excluding hydrogens is 813 g/mol. The van der Waals surface area contributed by atoms with Crippen LogP contribution in [0.1, 0.15) is 83.7 Å². The number of amides is 4. The summed E-state index contributed by atoms with van der Waals surface area (Å²) < 4.78 is 14.3. The fourth-order valence-corrected chi connectivity index (χ4v) is 9.99. The maximum Gasteiger partial charge on any atom is 0.324 e. The lowest BCUT2D eigenvalue weighted by Crippen LogP contribution is -2.63. The Balaban J connectivity index is 1.23. The van der Waals surface area contributed by atoms with Gasteiger partial charge < -0.3 is 29.2 Å². The summed E-state index contributed by atoms with van der Waals surface area (Å²) in [7, 11) is 3.31.